The molecule has 0 atom stereocenters. The van der Waals surface area contributed by atoms with E-state index >= 15 is 0 Å². The van der Waals surface area contributed by atoms with Crippen LogP contribution < -0.4 is 20.3 Å². The second-order valence-corrected chi connectivity index (χ2v) is 5.80. The highest BCUT2D eigenvalue weighted by Crippen LogP contribution is 2.31. The molecule has 142 valence electrons. The highest BCUT2D eigenvalue weighted by Gasteiger charge is 2.28. The van der Waals surface area contributed by atoms with Gasteiger partial charge in [-0.05, 0) is 24.3 Å². The van der Waals surface area contributed by atoms with Crippen molar-refractivity contribution in [2.75, 3.05) is 35.2 Å². The normalized spacial score (nSPS) is 13.6. The first-order valence-electron chi connectivity index (χ1n) is 8.05. The first-order chi connectivity index (χ1) is 12.8. The van der Waals surface area contributed by atoms with E-state index in [9.17, 15) is 22.8 Å². The minimum Gasteiger partial charge on any atom is -0.482 e. The van der Waals surface area contributed by atoms with Gasteiger partial charge in [0.05, 0.1) is 17.1 Å². The summed E-state index contributed by atoms with van der Waals surface area (Å²) in [6.45, 7) is -1.70. The molecule has 2 aromatic carbocycles. The van der Waals surface area contributed by atoms with E-state index < -0.39 is 18.6 Å². The van der Waals surface area contributed by atoms with Gasteiger partial charge in [0.2, 0.25) is 5.91 Å². The van der Waals surface area contributed by atoms with Gasteiger partial charge >= 0.3 is 6.18 Å². The molecule has 2 N–H and O–H groups in total. The molecule has 1 aliphatic heterocycles. The predicted molar refractivity (Wildman–Crippen MR) is 93.9 cm³/mol. The SMILES string of the molecule is O=C(CN1C(=O)COc2ccccc21)Nc1ccccc1NCC(F)(F)F. The number of carbonyl (C=O) groups is 2. The molecule has 0 bridgehead atoms. The van der Waals surface area contributed by atoms with E-state index in [4.69, 9.17) is 4.74 Å². The molecule has 0 unspecified atom stereocenters. The lowest BCUT2D eigenvalue weighted by Crippen LogP contribution is -2.43. The van der Waals surface area contributed by atoms with Gasteiger partial charge in [-0.25, -0.2) is 0 Å². The quantitative estimate of drug-likeness (QED) is 0.838. The second kappa shape index (κ2) is 7.56. The van der Waals surface area contributed by atoms with Gasteiger partial charge < -0.3 is 15.4 Å². The zero-order chi connectivity index (χ0) is 19.4. The fraction of sp³-hybridized carbons (Fsp3) is 0.222. The first kappa shape index (κ1) is 18.6. The van der Waals surface area contributed by atoms with Crippen LogP contribution in [0.15, 0.2) is 48.5 Å². The van der Waals surface area contributed by atoms with Crippen molar-refractivity contribution in [2.45, 2.75) is 6.18 Å². The maximum Gasteiger partial charge on any atom is 0.405 e. The fourth-order valence-electron chi connectivity index (χ4n) is 2.60. The van der Waals surface area contributed by atoms with Crippen LogP contribution in [-0.2, 0) is 9.59 Å². The highest BCUT2D eigenvalue weighted by atomic mass is 19.4. The van der Waals surface area contributed by atoms with Crippen LogP contribution >= 0.6 is 0 Å². The van der Waals surface area contributed by atoms with E-state index in [-0.39, 0.29) is 30.4 Å². The van der Waals surface area contributed by atoms with E-state index in [0.29, 0.717) is 11.4 Å². The number of hydrogen-bond donors (Lipinski definition) is 2. The van der Waals surface area contributed by atoms with Crippen LogP contribution in [0.1, 0.15) is 0 Å². The Bertz CT molecular complexity index is 855. The van der Waals surface area contributed by atoms with Gasteiger partial charge in [-0.3, -0.25) is 14.5 Å². The molecular weight excluding hydrogens is 363 g/mol. The van der Waals surface area contributed by atoms with Gasteiger partial charge in [-0.1, -0.05) is 24.3 Å². The van der Waals surface area contributed by atoms with Crippen molar-refractivity contribution in [2.24, 2.45) is 0 Å². The van der Waals surface area contributed by atoms with Gasteiger partial charge in [0.25, 0.3) is 5.91 Å². The molecule has 2 amide bonds. The summed E-state index contributed by atoms with van der Waals surface area (Å²) in [6, 6.07) is 12.8. The molecule has 0 saturated heterocycles. The molecule has 27 heavy (non-hydrogen) atoms. The standard InChI is InChI=1S/C18H16F3N3O3/c19-18(20,21)11-22-12-5-1-2-6-13(12)23-16(25)9-24-14-7-3-4-8-15(14)27-10-17(24)26/h1-8,22H,9-11H2,(H,23,25). The maximum absolute atomic E-state index is 12.4. The lowest BCUT2D eigenvalue weighted by molar-refractivity contribution is -0.123. The molecule has 2 aromatic rings. The van der Waals surface area contributed by atoms with Gasteiger partial charge in [0.15, 0.2) is 6.61 Å². The maximum atomic E-state index is 12.4. The summed E-state index contributed by atoms with van der Waals surface area (Å²) in [4.78, 5) is 25.8. The Kier molecular flexibility index (Phi) is 5.20. The molecule has 1 heterocycles. The summed E-state index contributed by atoms with van der Waals surface area (Å²) in [6.07, 6.45) is -4.39. The third-order valence-corrected chi connectivity index (χ3v) is 3.79. The number of amides is 2. The summed E-state index contributed by atoms with van der Waals surface area (Å²) in [7, 11) is 0. The monoisotopic (exact) mass is 379 g/mol. The van der Waals surface area contributed by atoms with Crippen molar-refractivity contribution in [1.82, 2.24) is 0 Å². The number of fused-ring (bicyclic) bond motifs is 1. The van der Waals surface area contributed by atoms with Crippen LogP contribution in [0.5, 0.6) is 5.75 Å². The Labute approximate surface area is 152 Å². The lowest BCUT2D eigenvalue weighted by Gasteiger charge is -2.28. The van der Waals surface area contributed by atoms with Crippen LogP contribution in [0.4, 0.5) is 30.2 Å². The lowest BCUT2D eigenvalue weighted by atomic mass is 10.2. The van der Waals surface area contributed by atoms with E-state index in [1.807, 2.05) is 0 Å². The number of anilines is 3. The number of benzene rings is 2. The summed E-state index contributed by atoms with van der Waals surface area (Å²) in [5.74, 6) is -0.439. The van der Waals surface area contributed by atoms with Crippen LogP contribution in [0.3, 0.4) is 0 Å². The van der Waals surface area contributed by atoms with Crippen molar-refractivity contribution in [3.8, 4) is 5.75 Å². The predicted octanol–water partition coefficient (Wildman–Crippen LogP) is 3.02. The van der Waals surface area contributed by atoms with Gasteiger partial charge in [-0.15, -0.1) is 0 Å². The Balaban J connectivity index is 1.71. The number of nitrogens with zero attached hydrogens (tertiary/aromatic N) is 1. The third-order valence-electron chi connectivity index (χ3n) is 3.79. The average Bonchev–Trinajstić information content (AvgIpc) is 2.63. The number of hydrogen-bond acceptors (Lipinski definition) is 4. The van der Waals surface area contributed by atoms with Crippen molar-refractivity contribution in [3.05, 3.63) is 48.5 Å². The molecular formula is C18H16F3N3O3. The Morgan fingerprint density at radius 1 is 1.07 bits per heavy atom. The van der Waals surface area contributed by atoms with Gasteiger partial charge in [0, 0.05) is 0 Å². The number of nitrogens with one attached hydrogen (secondary N) is 2. The number of rotatable bonds is 5. The minimum atomic E-state index is -4.39. The average molecular weight is 379 g/mol. The molecule has 1 aliphatic rings. The van der Waals surface area contributed by atoms with Crippen molar-refractivity contribution >= 4 is 28.9 Å². The van der Waals surface area contributed by atoms with E-state index in [0.717, 1.165) is 0 Å². The van der Waals surface area contributed by atoms with Crippen LogP contribution in [0, 0.1) is 0 Å². The Morgan fingerprint density at radius 3 is 2.48 bits per heavy atom. The molecule has 6 nitrogen and oxygen atoms in total. The summed E-state index contributed by atoms with van der Waals surface area (Å²) < 4.78 is 42.6. The zero-order valence-electron chi connectivity index (χ0n) is 14.0. The van der Waals surface area contributed by atoms with Crippen molar-refractivity contribution < 1.29 is 27.5 Å². The Morgan fingerprint density at radius 2 is 1.74 bits per heavy atom. The first-order valence-corrected chi connectivity index (χ1v) is 8.05. The molecule has 0 aliphatic carbocycles. The summed E-state index contributed by atoms with van der Waals surface area (Å²) in [5, 5.41) is 4.79. The number of para-hydroxylation sites is 4. The summed E-state index contributed by atoms with van der Waals surface area (Å²) >= 11 is 0. The number of alkyl halides is 3. The minimum absolute atomic E-state index is 0.136. The van der Waals surface area contributed by atoms with Crippen LogP contribution in [0.2, 0.25) is 0 Å². The molecule has 0 fully saturated rings. The zero-order valence-corrected chi connectivity index (χ0v) is 14.0. The topological polar surface area (TPSA) is 70.7 Å². The van der Waals surface area contributed by atoms with Crippen LogP contribution in [-0.4, -0.2) is 37.7 Å². The van der Waals surface area contributed by atoms with Gasteiger partial charge in [0.1, 0.15) is 18.8 Å². The number of halogens is 3. The van der Waals surface area contributed by atoms with E-state index in [1.54, 1.807) is 36.4 Å². The molecule has 0 aromatic heterocycles. The van der Waals surface area contributed by atoms with E-state index in [1.165, 1.54) is 17.0 Å². The Hall–Kier alpha value is -3.23. The van der Waals surface area contributed by atoms with Crippen molar-refractivity contribution in [1.29, 1.82) is 0 Å². The summed E-state index contributed by atoms with van der Waals surface area (Å²) in [5.41, 5.74) is 0.796. The number of ether oxygens (including phenoxy) is 1. The van der Waals surface area contributed by atoms with E-state index in [2.05, 4.69) is 10.6 Å². The molecule has 9 heteroatoms. The van der Waals surface area contributed by atoms with Crippen LogP contribution in [0.25, 0.3) is 0 Å². The largest absolute Gasteiger partial charge is 0.482 e. The highest BCUT2D eigenvalue weighted by molar-refractivity contribution is 6.05. The molecule has 3 rings (SSSR count). The van der Waals surface area contributed by atoms with Gasteiger partial charge in [-0.2, -0.15) is 13.2 Å². The molecule has 0 saturated carbocycles. The molecule has 0 spiro atoms. The third kappa shape index (κ3) is 4.69. The van der Waals surface area contributed by atoms with Crippen molar-refractivity contribution in [3.63, 3.8) is 0 Å². The smallest absolute Gasteiger partial charge is 0.405 e. The second-order valence-electron chi connectivity index (χ2n) is 5.80. The molecule has 0 radical (unpaired) electrons. The number of carbonyl (C=O) groups excluding carboxylic acids is 2. The fourth-order valence-corrected chi connectivity index (χ4v) is 2.60.